The van der Waals surface area contributed by atoms with Crippen LogP contribution < -0.4 is 16.0 Å². The highest BCUT2D eigenvalue weighted by Gasteiger charge is 2.24. The highest BCUT2D eigenvalue weighted by Crippen LogP contribution is 2.14. The summed E-state index contributed by atoms with van der Waals surface area (Å²) in [6.45, 7) is 16.6. The lowest BCUT2D eigenvalue weighted by Crippen LogP contribution is -2.54. The van der Waals surface area contributed by atoms with Crippen LogP contribution in [0.1, 0.15) is 54.4 Å². The summed E-state index contributed by atoms with van der Waals surface area (Å²) in [5, 5.41) is 9.51. The van der Waals surface area contributed by atoms with Gasteiger partial charge >= 0.3 is 6.09 Å². The van der Waals surface area contributed by atoms with E-state index in [-0.39, 0.29) is 0 Å². The van der Waals surface area contributed by atoms with Crippen molar-refractivity contribution in [3.63, 3.8) is 0 Å². The Labute approximate surface area is 159 Å². The molecule has 1 saturated heterocycles. The van der Waals surface area contributed by atoms with Crippen LogP contribution in [0.15, 0.2) is 4.99 Å². The third kappa shape index (κ3) is 9.85. The molecule has 0 aromatic carbocycles. The Hall–Kier alpha value is -1.50. The van der Waals surface area contributed by atoms with Gasteiger partial charge in [-0.1, -0.05) is 6.92 Å². The number of carbonyl (C=O) groups excluding carboxylic acids is 1. The molecule has 0 aliphatic carbocycles. The van der Waals surface area contributed by atoms with E-state index in [0.717, 1.165) is 25.0 Å². The van der Waals surface area contributed by atoms with E-state index in [1.807, 2.05) is 34.6 Å². The van der Waals surface area contributed by atoms with Gasteiger partial charge in [-0.2, -0.15) is 0 Å². The molecular formula is C19H39N5O2. The lowest BCUT2D eigenvalue weighted by molar-refractivity contribution is 0.0474. The van der Waals surface area contributed by atoms with Crippen molar-refractivity contribution >= 4 is 12.1 Å². The van der Waals surface area contributed by atoms with Gasteiger partial charge in [0, 0.05) is 33.2 Å². The maximum Gasteiger partial charge on any atom is 0.408 e. The van der Waals surface area contributed by atoms with Crippen LogP contribution in [0.25, 0.3) is 0 Å². The number of hydrogen-bond donors (Lipinski definition) is 3. The Kier molecular flexibility index (Phi) is 8.67. The molecule has 1 unspecified atom stereocenters. The fraction of sp³-hybridized carbons (Fsp3) is 0.895. The molecule has 1 rings (SSSR count). The number of rotatable bonds is 6. The Balaban J connectivity index is 2.32. The summed E-state index contributed by atoms with van der Waals surface area (Å²) in [5.41, 5.74) is -0.959. The van der Waals surface area contributed by atoms with Gasteiger partial charge in [0.1, 0.15) is 5.60 Å². The van der Waals surface area contributed by atoms with Crippen molar-refractivity contribution in [1.29, 1.82) is 0 Å². The fourth-order valence-electron chi connectivity index (χ4n) is 2.97. The predicted molar refractivity (Wildman–Crippen MR) is 108 cm³/mol. The number of amides is 1. The van der Waals surface area contributed by atoms with Crippen molar-refractivity contribution in [3.8, 4) is 0 Å². The molecule has 1 atom stereocenters. The number of aliphatic imine (C=N–C) groups is 1. The standard InChI is InChI=1S/C19H39N5O2/c1-15-9-8-11-24(13-15)12-10-21-16(20-7)22-14-19(5,6)23-17(25)26-18(2,3)4/h15H,8-14H2,1-7H3,(H,23,25)(H2,20,21,22). The molecule has 0 aromatic rings. The Morgan fingerprint density at radius 3 is 2.50 bits per heavy atom. The molecule has 0 bridgehead atoms. The van der Waals surface area contributed by atoms with Gasteiger partial charge in [0.25, 0.3) is 0 Å². The number of guanidine groups is 1. The molecule has 1 aliphatic rings. The average Bonchev–Trinajstić information content (AvgIpc) is 2.48. The summed E-state index contributed by atoms with van der Waals surface area (Å²) in [5.74, 6) is 1.54. The maximum absolute atomic E-state index is 11.9. The monoisotopic (exact) mass is 369 g/mol. The molecule has 152 valence electrons. The van der Waals surface area contributed by atoms with E-state index in [0.29, 0.717) is 6.54 Å². The summed E-state index contributed by atoms with van der Waals surface area (Å²) >= 11 is 0. The minimum Gasteiger partial charge on any atom is -0.444 e. The lowest BCUT2D eigenvalue weighted by Gasteiger charge is -2.31. The second-order valence-corrected chi connectivity index (χ2v) is 8.91. The number of hydrogen-bond acceptors (Lipinski definition) is 4. The van der Waals surface area contributed by atoms with Crippen LogP contribution in [0.2, 0.25) is 0 Å². The van der Waals surface area contributed by atoms with Crippen LogP contribution in [0.5, 0.6) is 0 Å². The van der Waals surface area contributed by atoms with Crippen molar-refractivity contribution in [3.05, 3.63) is 0 Å². The summed E-state index contributed by atoms with van der Waals surface area (Å²) in [6, 6.07) is 0. The van der Waals surface area contributed by atoms with E-state index in [1.54, 1.807) is 7.05 Å². The van der Waals surface area contributed by atoms with Gasteiger partial charge in [0.15, 0.2) is 5.96 Å². The van der Waals surface area contributed by atoms with Gasteiger partial charge in [-0.3, -0.25) is 4.99 Å². The molecule has 0 radical (unpaired) electrons. The lowest BCUT2D eigenvalue weighted by atomic mass is 10.0. The number of nitrogens with one attached hydrogen (secondary N) is 3. The molecule has 1 heterocycles. The van der Waals surface area contributed by atoms with Gasteiger partial charge in [-0.25, -0.2) is 4.79 Å². The van der Waals surface area contributed by atoms with E-state index in [9.17, 15) is 4.79 Å². The first kappa shape index (κ1) is 22.5. The number of nitrogens with zero attached hydrogens (tertiary/aromatic N) is 2. The quantitative estimate of drug-likeness (QED) is 0.494. The summed E-state index contributed by atoms with van der Waals surface area (Å²) in [7, 11) is 1.76. The van der Waals surface area contributed by atoms with Gasteiger partial charge in [-0.15, -0.1) is 0 Å². The second-order valence-electron chi connectivity index (χ2n) is 8.91. The number of alkyl carbamates (subject to hydrolysis) is 1. The SMILES string of the molecule is CN=C(NCCN1CCCC(C)C1)NCC(C)(C)NC(=O)OC(C)(C)C. The number of ether oxygens (including phenoxy) is 1. The molecule has 0 aromatic heterocycles. The van der Waals surface area contributed by atoms with Crippen LogP contribution in [0, 0.1) is 5.92 Å². The summed E-state index contributed by atoms with van der Waals surface area (Å²) in [6.07, 6.45) is 2.22. The Bertz CT molecular complexity index is 471. The minimum atomic E-state index is -0.503. The van der Waals surface area contributed by atoms with Crippen molar-refractivity contribution in [2.24, 2.45) is 10.9 Å². The van der Waals surface area contributed by atoms with E-state index in [1.165, 1.54) is 25.9 Å². The topological polar surface area (TPSA) is 78.0 Å². The van der Waals surface area contributed by atoms with Crippen molar-refractivity contribution in [2.45, 2.75) is 65.5 Å². The van der Waals surface area contributed by atoms with Crippen molar-refractivity contribution in [2.75, 3.05) is 39.8 Å². The van der Waals surface area contributed by atoms with Crippen LogP contribution in [-0.2, 0) is 4.74 Å². The average molecular weight is 370 g/mol. The first-order chi connectivity index (χ1) is 12.0. The highest BCUT2D eigenvalue weighted by atomic mass is 16.6. The van der Waals surface area contributed by atoms with E-state index < -0.39 is 17.2 Å². The third-order valence-electron chi connectivity index (χ3n) is 4.22. The molecule has 0 saturated carbocycles. The summed E-state index contributed by atoms with van der Waals surface area (Å²) in [4.78, 5) is 18.7. The number of piperidine rings is 1. The van der Waals surface area contributed by atoms with Crippen LogP contribution in [0.3, 0.4) is 0 Å². The van der Waals surface area contributed by atoms with Gasteiger partial charge in [0.2, 0.25) is 0 Å². The highest BCUT2D eigenvalue weighted by molar-refractivity contribution is 5.79. The predicted octanol–water partition coefficient (Wildman–Crippen LogP) is 2.19. The van der Waals surface area contributed by atoms with E-state index >= 15 is 0 Å². The zero-order valence-electron chi connectivity index (χ0n) is 17.7. The molecule has 26 heavy (non-hydrogen) atoms. The maximum atomic E-state index is 11.9. The molecule has 1 fully saturated rings. The van der Waals surface area contributed by atoms with E-state index in [2.05, 4.69) is 32.8 Å². The van der Waals surface area contributed by atoms with Crippen LogP contribution in [0.4, 0.5) is 4.79 Å². The number of likely N-dealkylation sites (tertiary alicyclic amines) is 1. The largest absolute Gasteiger partial charge is 0.444 e. The van der Waals surface area contributed by atoms with E-state index in [4.69, 9.17) is 4.74 Å². The molecule has 1 amide bonds. The number of carbonyl (C=O) groups is 1. The zero-order valence-corrected chi connectivity index (χ0v) is 17.7. The van der Waals surface area contributed by atoms with Gasteiger partial charge in [-0.05, 0) is 59.9 Å². The van der Waals surface area contributed by atoms with Gasteiger partial charge in [0.05, 0.1) is 5.54 Å². The molecule has 0 spiro atoms. The zero-order chi connectivity index (χ0) is 19.8. The normalized spacial score (nSPS) is 19.8. The molecule has 1 aliphatic heterocycles. The molecular weight excluding hydrogens is 330 g/mol. The van der Waals surface area contributed by atoms with Crippen LogP contribution >= 0.6 is 0 Å². The molecule has 3 N–H and O–H groups in total. The van der Waals surface area contributed by atoms with Crippen LogP contribution in [-0.4, -0.2) is 67.9 Å². The first-order valence-corrected chi connectivity index (χ1v) is 9.69. The van der Waals surface area contributed by atoms with Crippen molar-refractivity contribution < 1.29 is 9.53 Å². The second kappa shape index (κ2) is 10.00. The molecule has 7 heteroatoms. The first-order valence-electron chi connectivity index (χ1n) is 9.69. The Morgan fingerprint density at radius 2 is 1.92 bits per heavy atom. The van der Waals surface area contributed by atoms with Gasteiger partial charge < -0.3 is 25.6 Å². The third-order valence-corrected chi connectivity index (χ3v) is 4.22. The fourth-order valence-corrected chi connectivity index (χ4v) is 2.97. The minimum absolute atomic E-state index is 0.411. The summed E-state index contributed by atoms with van der Waals surface area (Å²) < 4.78 is 5.32. The molecule has 7 nitrogen and oxygen atoms in total. The van der Waals surface area contributed by atoms with Crippen molar-refractivity contribution in [1.82, 2.24) is 20.9 Å². The Morgan fingerprint density at radius 1 is 1.23 bits per heavy atom. The smallest absolute Gasteiger partial charge is 0.408 e.